The predicted molar refractivity (Wildman–Crippen MR) is 89.8 cm³/mol. The molecule has 22 heavy (non-hydrogen) atoms. The van der Waals surface area contributed by atoms with E-state index < -0.39 is 11.9 Å². The van der Waals surface area contributed by atoms with Crippen LogP contribution in [0.1, 0.15) is 20.8 Å². The normalized spacial score (nSPS) is 12.5. The number of likely N-dealkylation sites (N-methyl/N-ethyl adjacent to an activating group) is 1. The van der Waals surface area contributed by atoms with E-state index in [9.17, 15) is 9.90 Å². The quantitative estimate of drug-likeness (QED) is 0.760. The third-order valence-corrected chi connectivity index (χ3v) is 3.30. The van der Waals surface area contributed by atoms with Crippen molar-refractivity contribution in [2.45, 2.75) is 26.9 Å². The lowest BCUT2D eigenvalue weighted by Crippen LogP contribution is -2.37. The SMILES string of the molecule is CC(C)Oc1ccccc1N(CCN(C)C)CC(C)C(=O)O. The Kier molecular flexibility index (Phi) is 7.18. The molecule has 0 bridgehead atoms. The molecule has 1 N–H and O–H groups in total. The summed E-state index contributed by atoms with van der Waals surface area (Å²) in [6, 6.07) is 7.81. The van der Waals surface area contributed by atoms with E-state index in [0.717, 1.165) is 24.5 Å². The molecule has 0 radical (unpaired) electrons. The van der Waals surface area contributed by atoms with Gasteiger partial charge >= 0.3 is 5.97 Å². The number of carboxylic acids is 1. The van der Waals surface area contributed by atoms with Crippen molar-refractivity contribution in [3.8, 4) is 5.75 Å². The molecule has 1 aromatic rings. The van der Waals surface area contributed by atoms with Crippen LogP contribution in [-0.2, 0) is 4.79 Å². The highest BCUT2D eigenvalue weighted by Gasteiger charge is 2.19. The van der Waals surface area contributed by atoms with Crippen molar-refractivity contribution in [3.05, 3.63) is 24.3 Å². The molecule has 1 unspecified atom stereocenters. The van der Waals surface area contributed by atoms with Crippen LogP contribution in [0.5, 0.6) is 5.75 Å². The van der Waals surface area contributed by atoms with Crippen molar-refractivity contribution < 1.29 is 14.6 Å². The third-order valence-electron chi connectivity index (χ3n) is 3.30. The van der Waals surface area contributed by atoms with E-state index in [-0.39, 0.29) is 6.10 Å². The Labute approximate surface area is 133 Å². The molecular formula is C17H28N2O3. The van der Waals surface area contributed by atoms with Crippen LogP contribution in [0.4, 0.5) is 5.69 Å². The van der Waals surface area contributed by atoms with E-state index in [1.807, 2.05) is 52.2 Å². The topological polar surface area (TPSA) is 53.0 Å². The van der Waals surface area contributed by atoms with E-state index in [1.54, 1.807) is 6.92 Å². The van der Waals surface area contributed by atoms with Gasteiger partial charge in [0, 0.05) is 19.6 Å². The first-order chi connectivity index (χ1) is 10.3. The Balaban J connectivity index is 3.00. The van der Waals surface area contributed by atoms with Gasteiger partial charge in [0.1, 0.15) is 5.75 Å². The number of anilines is 1. The van der Waals surface area contributed by atoms with Gasteiger partial charge in [-0.25, -0.2) is 0 Å². The number of carbonyl (C=O) groups is 1. The molecule has 0 aliphatic heterocycles. The molecule has 5 heteroatoms. The van der Waals surface area contributed by atoms with Crippen LogP contribution in [0, 0.1) is 5.92 Å². The molecule has 0 spiro atoms. The Morgan fingerprint density at radius 1 is 1.18 bits per heavy atom. The van der Waals surface area contributed by atoms with E-state index >= 15 is 0 Å². The summed E-state index contributed by atoms with van der Waals surface area (Å²) in [6.07, 6.45) is 0.0775. The number of ether oxygens (including phenoxy) is 1. The average Bonchev–Trinajstić information content (AvgIpc) is 2.43. The highest BCUT2D eigenvalue weighted by molar-refractivity contribution is 5.71. The van der Waals surface area contributed by atoms with E-state index in [1.165, 1.54) is 0 Å². The molecule has 0 aliphatic carbocycles. The summed E-state index contributed by atoms with van der Waals surface area (Å²) in [7, 11) is 4.02. The highest BCUT2D eigenvalue weighted by atomic mass is 16.5. The van der Waals surface area contributed by atoms with Crippen molar-refractivity contribution in [2.24, 2.45) is 5.92 Å². The minimum absolute atomic E-state index is 0.0775. The Morgan fingerprint density at radius 3 is 2.36 bits per heavy atom. The summed E-state index contributed by atoms with van der Waals surface area (Å²) in [5, 5.41) is 9.20. The highest BCUT2D eigenvalue weighted by Crippen LogP contribution is 2.29. The maximum absolute atomic E-state index is 11.2. The largest absolute Gasteiger partial charge is 0.489 e. The molecule has 0 aromatic heterocycles. The van der Waals surface area contributed by atoms with Gasteiger partial charge in [-0.15, -0.1) is 0 Å². The molecule has 5 nitrogen and oxygen atoms in total. The van der Waals surface area contributed by atoms with Gasteiger partial charge in [0.2, 0.25) is 0 Å². The third kappa shape index (κ3) is 5.93. The minimum Gasteiger partial charge on any atom is -0.489 e. The number of rotatable bonds is 9. The van der Waals surface area contributed by atoms with Gasteiger partial charge in [-0.1, -0.05) is 19.1 Å². The summed E-state index contributed by atoms with van der Waals surface area (Å²) in [4.78, 5) is 15.4. The second-order valence-electron chi connectivity index (χ2n) is 6.12. The zero-order valence-corrected chi connectivity index (χ0v) is 14.2. The summed E-state index contributed by atoms with van der Waals surface area (Å²) in [5.41, 5.74) is 0.950. The number of para-hydroxylation sites is 2. The fourth-order valence-electron chi connectivity index (χ4n) is 2.11. The number of carboxylic acid groups (broad SMARTS) is 1. The number of aliphatic carboxylic acids is 1. The second-order valence-corrected chi connectivity index (χ2v) is 6.12. The van der Waals surface area contributed by atoms with Crippen LogP contribution in [0.15, 0.2) is 24.3 Å². The summed E-state index contributed by atoms with van der Waals surface area (Å²) >= 11 is 0. The van der Waals surface area contributed by atoms with Crippen LogP contribution < -0.4 is 9.64 Å². The lowest BCUT2D eigenvalue weighted by Gasteiger charge is -2.30. The van der Waals surface area contributed by atoms with E-state index in [2.05, 4.69) is 9.80 Å². The Hall–Kier alpha value is -1.75. The van der Waals surface area contributed by atoms with Crippen LogP contribution in [-0.4, -0.2) is 55.8 Å². The number of hydrogen-bond donors (Lipinski definition) is 1. The lowest BCUT2D eigenvalue weighted by atomic mass is 10.1. The first-order valence-corrected chi connectivity index (χ1v) is 7.69. The second kappa shape index (κ2) is 8.63. The van der Waals surface area contributed by atoms with Crippen molar-refractivity contribution in [3.63, 3.8) is 0 Å². The van der Waals surface area contributed by atoms with Gasteiger partial charge < -0.3 is 19.6 Å². The molecule has 1 atom stereocenters. The van der Waals surface area contributed by atoms with Gasteiger partial charge in [-0.3, -0.25) is 4.79 Å². The fourth-order valence-corrected chi connectivity index (χ4v) is 2.11. The first kappa shape index (κ1) is 18.3. The summed E-state index contributed by atoms with van der Waals surface area (Å²) in [5.74, 6) is -0.416. The molecule has 124 valence electrons. The number of benzene rings is 1. The van der Waals surface area contributed by atoms with Gasteiger partial charge in [-0.05, 0) is 40.1 Å². The first-order valence-electron chi connectivity index (χ1n) is 7.69. The van der Waals surface area contributed by atoms with Crippen molar-refractivity contribution >= 4 is 11.7 Å². The van der Waals surface area contributed by atoms with Crippen LogP contribution in [0.25, 0.3) is 0 Å². The molecule has 0 saturated heterocycles. The Bertz CT molecular complexity index is 475. The standard InChI is InChI=1S/C17H28N2O3/c1-13(2)22-16-9-7-6-8-15(16)19(11-10-18(4)5)12-14(3)17(20)21/h6-9,13-14H,10-12H2,1-5H3,(H,20,21). The monoisotopic (exact) mass is 308 g/mol. The van der Waals surface area contributed by atoms with Crippen molar-refractivity contribution in [1.29, 1.82) is 0 Å². The zero-order chi connectivity index (χ0) is 16.7. The molecule has 1 rings (SSSR count). The van der Waals surface area contributed by atoms with Crippen LogP contribution in [0.3, 0.4) is 0 Å². The van der Waals surface area contributed by atoms with E-state index in [0.29, 0.717) is 6.54 Å². The molecule has 0 heterocycles. The van der Waals surface area contributed by atoms with Gasteiger partial charge in [0.05, 0.1) is 17.7 Å². The van der Waals surface area contributed by atoms with Gasteiger partial charge in [0.15, 0.2) is 0 Å². The van der Waals surface area contributed by atoms with Gasteiger partial charge in [-0.2, -0.15) is 0 Å². The Morgan fingerprint density at radius 2 is 1.82 bits per heavy atom. The predicted octanol–water partition coefficient (Wildman–Crippen LogP) is 2.56. The molecular weight excluding hydrogens is 280 g/mol. The molecule has 0 aliphatic rings. The fraction of sp³-hybridized carbons (Fsp3) is 0.588. The van der Waals surface area contributed by atoms with Crippen molar-refractivity contribution in [2.75, 3.05) is 38.6 Å². The average molecular weight is 308 g/mol. The lowest BCUT2D eigenvalue weighted by molar-refractivity contribution is -0.140. The van der Waals surface area contributed by atoms with Crippen molar-refractivity contribution in [1.82, 2.24) is 4.90 Å². The molecule has 0 amide bonds. The maximum Gasteiger partial charge on any atom is 0.308 e. The maximum atomic E-state index is 11.2. The number of nitrogens with zero attached hydrogens (tertiary/aromatic N) is 2. The summed E-state index contributed by atoms with van der Waals surface area (Å²) in [6.45, 7) is 7.77. The molecule has 1 aromatic carbocycles. The van der Waals surface area contributed by atoms with E-state index in [4.69, 9.17) is 4.74 Å². The number of hydrogen-bond acceptors (Lipinski definition) is 4. The molecule has 0 saturated carbocycles. The smallest absolute Gasteiger partial charge is 0.308 e. The minimum atomic E-state index is -0.780. The van der Waals surface area contributed by atoms with Gasteiger partial charge in [0.25, 0.3) is 0 Å². The zero-order valence-electron chi connectivity index (χ0n) is 14.2. The molecule has 0 fully saturated rings. The summed E-state index contributed by atoms with van der Waals surface area (Å²) < 4.78 is 5.87. The van der Waals surface area contributed by atoms with Crippen LogP contribution >= 0.6 is 0 Å². The van der Waals surface area contributed by atoms with Crippen LogP contribution in [0.2, 0.25) is 0 Å².